The van der Waals surface area contributed by atoms with Gasteiger partial charge in [0.1, 0.15) is 0 Å². The first kappa shape index (κ1) is 16.9. The largest absolute Gasteiger partial charge is 0.361 e. The highest BCUT2D eigenvalue weighted by molar-refractivity contribution is 4.67. The lowest BCUT2D eigenvalue weighted by Gasteiger charge is -2.11. The zero-order chi connectivity index (χ0) is 12.9. The van der Waals surface area contributed by atoms with Gasteiger partial charge >= 0.3 is 0 Å². The fourth-order valence-corrected chi connectivity index (χ4v) is 2.07. The zero-order valence-corrected chi connectivity index (χ0v) is 11.7. The van der Waals surface area contributed by atoms with Crippen molar-refractivity contribution in [3.05, 3.63) is 6.29 Å². The normalized spacial score (nSPS) is 13.2. The molecule has 2 nitrogen and oxygen atoms in total. The predicted octanol–water partition coefficient (Wildman–Crippen LogP) is 5.17. The summed E-state index contributed by atoms with van der Waals surface area (Å²) in [5.41, 5.74) is 0. The van der Waals surface area contributed by atoms with Crippen molar-refractivity contribution in [1.29, 1.82) is 0 Å². The van der Waals surface area contributed by atoms with Crippen LogP contribution in [-0.2, 0) is 0 Å². The molecule has 1 atom stereocenters. The van der Waals surface area contributed by atoms with Crippen molar-refractivity contribution in [3.63, 3.8) is 0 Å². The lowest BCUT2D eigenvalue weighted by molar-refractivity contribution is 0.0356. The van der Waals surface area contributed by atoms with Crippen LogP contribution in [0, 0.1) is 12.2 Å². The molecule has 0 aliphatic heterocycles. The molecule has 0 bridgehead atoms. The van der Waals surface area contributed by atoms with Crippen molar-refractivity contribution >= 4 is 0 Å². The highest BCUT2D eigenvalue weighted by Gasteiger charge is 2.11. The molecule has 0 heterocycles. The number of aliphatic hydroxyl groups excluding tert-OH is 1. The molecule has 103 valence electrons. The molecule has 0 aliphatic rings. The third kappa shape index (κ3) is 12.2. The maximum Gasteiger partial charge on any atom is 0.221 e. The molecule has 1 radical (unpaired) electrons. The molecule has 0 aromatic carbocycles. The average Bonchev–Trinajstić information content (AvgIpc) is 2.31. The Morgan fingerprint density at radius 2 is 1.18 bits per heavy atom. The van der Waals surface area contributed by atoms with Crippen LogP contribution in [0.1, 0.15) is 84.5 Å². The molecule has 0 aromatic rings. The van der Waals surface area contributed by atoms with Crippen molar-refractivity contribution in [3.8, 4) is 0 Å². The molecule has 1 unspecified atom stereocenters. The van der Waals surface area contributed by atoms with E-state index < -0.39 is 6.29 Å². The third-order valence-electron chi connectivity index (χ3n) is 3.43. The topological polar surface area (TPSA) is 40.5 Å². The van der Waals surface area contributed by atoms with Gasteiger partial charge in [-0.1, -0.05) is 78.1 Å². The van der Waals surface area contributed by atoms with E-state index in [2.05, 4.69) is 6.92 Å². The first-order chi connectivity index (χ1) is 8.18. The molecule has 17 heavy (non-hydrogen) atoms. The van der Waals surface area contributed by atoms with E-state index in [0.29, 0.717) is 0 Å². The monoisotopic (exact) mass is 243 g/mol. The molecule has 0 spiro atoms. The highest BCUT2D eigenvalue weighted by atomic mass is 16.5. The summed E-state index contributed by atoms with van der Waals surface area (Å²) in [7, 11) is 0. The summed E-state index contributed by atoms with van der Waals surface area (Å²) in [4.78, 5) is 0. The van der Waals surface area contributed by atoms with Gasteiger partial charge in [0.05, 0.1) is 0 Å². The number of rotatable bonds is 12. The van der Waals surface area contributed by atoms with Gasteiger partial charge in [-0.15, -0.1) is 0 Å². The van der Waals surface area contributed by atoms with Gasteiger partial charge < -0.3 is 10.2 Å². The summed E-state index contributed by atoms with van der Waals surface area (Å²) in [6.07, 6.45) is 13.8. The van der Waals surface area contributed by atoms with Crippen LogP contribution in [0.4, 0.5) is 0 Å². The van der Waals surface area contributed by atoms with Crippen molar-refractivity contribution in [2.75, 3.05) is 0 Å². The Morgan fingerprint density at radius 1 is 0.765 bits per heavy atom. The van der Waals surface area contributed by atoms with Crippen LogP contribution in [0.2, 0.25) is 0 Å². The lowest BCUT2D eigenvalue weighted by Crippen LogP contribution is -2.06. The van der Waals surface area contributed by atoms with E-state index in [9.17, 15) is 0 Å². The summed E-state index contributed by atoms with van der Waals surface area (Å²) in [5, 5.41) is 17.7. The van der Waals surface area contributed by atoms with E-state index >= 15 is 0 Å². The molecule has 0 aliphatic carbocycles. The van der Waals surface area contributed by atoms with Gasteiger partial charge in [0.25, 0.3) is 0 Å². The van der Waals surface area contributed by atoms with E-state index in [0.717, 1.165) is 12.8 Å². The van der Waals surface area contributed by atoms with Gasteiger partial charge in [0, 0.05) is 5.92 Å². The standard InChI is InChI=1S/C15H31O2/c1-3-4-5-6-7-8-9-10-11-12-13-14(2)15(16)17/h14,16-17H,3-13H2,1-2H3. The smallest absolute Gasteiger partial charge is 0.221 e. The van der Waals surface area contributed by atoms with E-state index in [4.69, 9.17) is 10.2 Å². The van der Waals surface area contributed by atoms with E-state index in [-0.39, 0.29) is 5.92 Å². The predicted molar refractivity (Wildman–Crippen MR) is 72.7 cm³/mol. The number of aliphatic hydroxyl groups is 2. The van der Waals surface area contributed by atoms with Crippen LogP contribution in [0.15, 0.2) is 0 Å². The van der Waals surface area contributed by atoms with Gasteiger partial charge in [0.2, 0.25) is 6.29 Å². The Kier molecular flexibility index (Phi) is 12.3. The van der Waals surface area contributed by atoms with E-state index in [1.807, 2.05) is 6.92 Å². The summed E-state index contributed by atoms with van der Waals surface area (Å²) >= 11 is 0. The Morgan fingerprint density at radius 3 is 1.59 bits per heavy atom. The Balaban J connectivity index is 3.03. The molecule has 0 rings (SSSR count). The highest BCUT2D eigenvalue weighted by Crippen LogP contribution is 2.17. The van der Waals surface area contributed by atoms with Crippen LogP contribution in [0.25, 0.3) is 0 Å². The Hall–Kier alpha value is -0.0800. The van der Waals surface area contributed by atoms with Crippen LogP contribution in [0.3, 0.4) is 0 Å². The summed E-state index contributed by atoms with van der Waals surface area (Å²) in [6.45, 7) is 4.12. The Labute approximate surface area is 107 Å². The molecule has 0 fully saturated rings. The first-order valence-corrected chi connectivity index (χ1v) is 7.43. The van der Waals surface area contributed by atoms with Crippen molar-refractivity contribution in [2.45, 2.75) is 84.5 Å². The molecule has 2 heteroatoms. The quantitative estimate of drug-likeness (QED) is 0.464. The fraction of sp³-hybridized carbons (Fsp3) is 0.933. The van der Waals surface area contributed by atoms with Crippen LogP contribution >= 0.6 is 0 Å². The fourth-order valence-electron chi connectivity index (χ4n) is 2.07. The maximum atomic E-state index is 8.84. The SMILES string of the molecule is CCCCCCCCCCCCC(C)[C](O)O. The average molecular weight is 243 g/mol. The number of hydrogen-bond donors (Lipinski definition) is 2. The second kappa shape index (κ2) is 12.4. The zero-order valence-electron chi connectivity index (χ0n) is 11.7. The van der Waals surface area contributed by atoms with Crippen LogP contribution < -0.4 is 0 Å². The van der Waals surface area contributed by atoms with Gasteiger partial charge in [-0.2, -0.15) is 0 Å². The summed E-state index contributed by atoms with van der Waals surface area (Å²) in [6, 6.07) is 0. The number of hydrogen-bond acceptors (Lipinski definition) is 2. The molecular formula is C15H31O2. The van der Waals surface area contributed by atoms with Gasteiger partial charge in [-0.05, 0) is 6.42 Å². The van der Waals surface area contributed by atoms with Gasteiger partial charge in [-0.25, -0.2) is 0 Å². The minimum absolute atomic E-state index is 0.0518. The van der Waals surface area contributed by atoms with Crippen molar-refractivity contribution < 1.29 is 10.2 Å². The second-order valence-electron chi connectivity index (χ2n) is 5.23. The second-order valence-corrected chi connectivity index (χ2v) is 5.23. The summed E-state index contributed by atoms with van der Waals surface area (Å²) < 4.78 is 0. The molecule has 0 aromatic heterocycles. The van der Waals surface area contributed by atoms with Crippen molar-refractivity contribution in [2.24, 2.45) is 5.92 Å². The third-order valence-corrected chi connectivity index (χ3v) is 3.43. The first-order valence-electron chi connectivity index (χ1n) is 7.43. The minimum Gasteiger partial charge on any atom is -0.361 e. The van der Waals surface area contributed by atoms with Gasteiger partial charge in [-0.3, -0.25) is 0 Å². The van der Waals surface area contributed by atoms with Crippen molar-refractivity contribution in [1.82, 2.24) is 0 Å². The van der Waals surface area contributed by atoms with Gasteiger partial charge in [0.15, 0.2) is 0 Å². The lowest BCUT2D eigenvalue weighted by atomic mass is 10.0. The summed E-state index contributed by atoms with van der Waals surface area (Å²) in [5.74, 6) is -0.0518. The number of unbranched alkanes of at least 4 members (excludes halogenated alkanes) is 9. The molecule has 0 saturated carbocycles. The molecule has 0 amide bonds. The molecular weight excluding hydrogens is 212 g/mol. The van der Waals surface area contributed by atoms with E-state index in [1.54, 1.807) is 0 Å². The Bertz CT molecular complexity index is 146. The van der Waals surface area contributed by atoms with Crippen LogP contribution in [-0.4, -0.2) is 10.2 Å². The van der Waals surface area contributed by atoms with Crippen LogP contribution in [0.5, 0.6) is 0 Å². The van der Waals surface area contributed by atoms with E-state index in [1.165, 1.54) is 57.8 Å². The maximum absolute atomic E-state index is 8.84. The molecule has 0 saturated heterocycles. The molecule has 2 N–H and O–H groups in total. The minimum atomic E-state index is -0.402.